The van der Waals surface area contributed by atoms with E-state index in [9.17, 15) is 8.42 Å². The van der Waals surface area contributed by atoms with E-state index in [-0.39, 0.29) is 0 Å². The van der Waals surface area contributed by atoms with Crippen molar-refractivity contribution in [3.63, 3.8) is 0 Å². The highest BCUT2D eigenvalue weighted by molar-refractivity contribution is 8.17. The van der Waals surface area contributed by atoms with E-state index in [2.05, 4.69) is 16.5 Å². The lowest BCUT2D eigenvalue weighted by molar-refractivity contribution is 0.305. The Morgan fingerprint density at radius 2 is 1.92 bits per heavy atom. The van der Waals surface area contributed by atoms with Crippen LogP contribution in [0.5, 0.6) is 0 Å². The Kier molecular flexibility index (Phi) is 3.88. The summed E-state index contributed by atoms with van der Waals surface area (Å²) in [6.07, 6.45) is 6.10. The number of sulfonamides is 1. The Morgan fingerprint density at radius 3 is 2.62 bits per heavy atom. The summed E-state index contributed by atoms with van der Waals surface area (Å²) in [7, 11) is -3.25. The van der Waals surface area contributed by atoms with Crippen LogP contribution in [0.25, 0.3) is 5.70 Å². The van der Waals surface area contributed by atoms with Crippen LogP contribution in [0.2, 0.25) is 0 Å². The van der Waals surface area contributed by atoms with Crippen LogP contribution in [0.3, 0.4) is 0 Å². The van der Waals surface area contributed by atoms with Crippen molar-refractivity contribution in [1.82, 2.24) is 4.90 Å². The molecule has 2 heterocycles. The Bertz CT molecular complexity index is 828. The molecule has 0 spiro atoms. The molecule has 1 fully saturated rings. The second-order valence-corrected chi connectivity index (χ2v) is 9.59. The smallest absolute Gasteiger partial charge is 0.229 e. The second-order valence-electron chi connectivity index (χ2n) is 6.66. The highest BCUT2D eigenvalue weighted by atomic mass is 32.2. The molecule has 1 aliphatic carbocycles. The molecule has 1 N–H and O–H groups in total. The van der Waals surface area contributed by atoms with Gasteiger partial charge in [-0.3, -0.25) is 9.71 Å². The standard InChI is InChI=1S/C17H21N3O2S2/c1-11-16(12-7-9-13(10-8-12)19-24(2,21)22)20-15-6-4-3-5-14(15)18-17(20)23-11/h7-10,14-15,19H,3-6H2,1-2H3/t14-,15-/m1/s1. The SMILES string of the molecule is CC1=C(c2ccc(NS(C)(=O)=O)cc2)N2C(=N[C@@H]3CCCC[C@H]32)S1. The number of fused-ring (bicyclic) bond motifs is 3. The van der Waals surface area contributed by atoms with Crippen molar-refractivity contribution in [1.29, 1.82) is 0 Å². The van der Waals surface area contributed by atoms with Gasteiger partial charge in [0.1, 0.15) is 0 Å². The molecule has 1 saturated carbocycles. The zero-order chi connectivity index (χ0) is 16.9. The molecule has 3 aliphatic rings. The minimum Gasteiger partial charge on any atom is -0.314 e. The second kappa shape index (κ2) is 5.81. The van der Waals surface area contributed by atoms with Gasteiger partial charge in [0, 0.05) is 10.6 Å². The van der Waals surface area contributed by atoms with Gasteiger partial charge in [0.05, 0.1) is 24.0 Å². The van der Waals surface area contributed by atoms with Crippen molar-refractivity contribution in [2.75, 3.05) is 11.0 Å². The molecule has 0 radical (unpaired) electrons. The average Bonchev–Trinajstić information content (AvgIpc) is 3.01. The molecule has 4 rings (SSSR count). The maximum Gasteiger partial charge on any atom is 0.229 e. The summed E-state index contributed by atoms with van der Waals surface area (Å²) in [6.45, 7) is 2.14. The third kappa shape index (κ3) is 2.84. The number of hydrogen-bond donors (Lipinski definition) is 1. The monoisotopic (exact) mass is 363 g/mol. The van der Waals surface area contributed by atoms with Gasteiger partial charge in [-0.1, -0.05) is 36.7 Å². The quantitative estimate of drug-likeness (QED) is 0.893. The highest BCUT2D eigenvalue weighted by Gasteiger charge is 2.43. The summed E-state index contributed by atoms with van der Waals surface area (Å²) in [6, 6.07) is 8.56. The number of aliphatic imine (C=N–C) groups is 1. The normalized spacial score (nSPS) is 26.2. The first kappa shape index (κ1) is 16.0. The summed E-state index contributed by atoms with van der Waals surface area (Å²) < 4.78 is 25.2. The van der Waals surface area contributed by atoms with Crippen molar-refractivity contribution in [3.05, 3.63) is 34.7 Å². The van der Waals surface area contributed by atoms with E-state index in [1.165, 1.54) is 36.3 Å². The third-order valence-corrected chi connectivity index (χ3v) is 6.38. The van der Waals surface area contributed by atoms with Gasteiger partial charge in [-0.25, -0.2) is 8.42 Å². The van der Waals surface area contributed by atoms with Crippen LogP contribution in [0.15, 0.2) is 34.2 Å². The van der Waals surface area contributed by atoms with E-state index in [0.717, 1.165) is 17.0 Å². The Labute approximate surface area is 147 Å². The number of amidine groups is 1. The molecule has 5 nitrogen and oxygen atoms in total. The molecule has 128 valence electrons. The number of nitrogens with one attached hydrogen (secondary N) is 1. The first-order valence-electron chi connectivity index (χ1n) is 8.26. The first-order valence-corrected chi connectivity index (χ1v) is 11.0. The fraction of sp³-hybridized carbons (Fsp3) is 0.471. The lowest BCUT2D eigenvalue weighted by atomic mass is 9.90. The van der Waals surface area contributed by atoms with Crippen molar-refractivity contribution < 1.29 is 8.42 Å². The Balaban J connectivity index is 1.63. The van der Waals surface area contributed by atoms with Gasteiger partial charge in [0.25, 0.3) is 0 Å². The lowest BCUT2D eigenvalue weighted by Crippen LogP contribution is -2.38. The lowest BCUT2D eigenvalue weighted by Gasteiger charge is -2.32. The number of benzene rings is 1. The van der Waals surface area contributed by atoms with Gasteiger partial charge in [0.2, 0.25) is 10.0 Å². The maximum absolute atomic E-state index is 11.4. The van der Waals surface area contributed by atoms with Crippen LogP contribution < -0.4 is 4.72 Å². The van der Waals surface area contributed by atoms with E-state index in [4.69, 9.17) is 4.99 Å². The summed E-state index contributed by atoms with van der Waals surface area (Å²) >= 11 is 1.76. The molecule has 0 saturated heterocycles. The fourth-order valence-corrected chi connectivity index (χ4v) is 5.50. The van der Waals surface area contributed by atoms with Crippen LogP contribution in [-0.4, -0.2) is 36.8 Å². The number of hydrogen-bond acceptors (Lipinski definition) is 5. The molecule has 0 aromatic heterocycles. The van der Waals surface area contributed by atoms with Crippen LogP contribution in [0.4, 0.5) is 5.69 Å². The number of nitrogens with zero attached hydrogens (tertiary/aromatic N) is 2. The molecule has 1 aromatic rings. The predicted octanol–water partition coefficient (Wildman–Crippen LogP) is 3.48. The fourth-order valence-electron chi connectivity index (χ4n) is 3.83. The average molecular weight is 364 g/mol. The predicted molar refractivity (Wildman–Crippen MR) is 100 cm³/mol. The Morgan fingerprint density at radius 1 is 1.21 bits per heavy atom. The molecule has 0 unspecified atom stereocenters. The van der Waals surface area contributed by atoms with Gasteiger partial charge in [-0.05, 0) is 37.5 Å². The molecule has 2 atom stereocenters. The van der Waals surface area contributed by atoms with Gasteiger partial charge in [0.15, 0.2) is 5.17 Å². The molecule has 1 aromatic carbocycles. The summed E-state index contributed by atoms with van der Waals surface area (Å²) in [5.41, 5.74) is 2.95. The summed E-state index contributed by atoms with van der Waals surface area (Å²) in [5, 5.41) is 1.14. The van der Waals surface area contributed by atoms with E-state index in [1.54, 1.807) is 11.8 Å². The van der Waals surface area contributed by atoms with Gasteiger partial charge in [-0.2, -0.15) is 0 Å². The molecule has 24 heavy (non-hydrogen) atoms. The number of thioether (sulfide) groups is 1. The zero-order valence-electron chi connectivity index (χ0n) is 13.8. The van der Waals surface area contributed by atoms with Crippen molar-refractivity contribution >= 4 is 38.3 Å². The third-order valence-electron chi connectivity index (χ3n) is 4.79. The summed E-state index contributed by atoms with van der Waals surface area (Å²) in [5.74, 6) is 0. The van der Waals surface area contributed by atoms with Gasteiger partial charge in [-0.15, -0.1) is 0 Å². The van der Waals surface area contributed by atoms with Crippen molar-refractivity contribution in [3.8, 4) is 0 Å². The molecule has 0 bridgehead atoms. The van der Waals surface area contributed by atoms with E-state index in [1.807, 2.05) is 24.3 Å². The molecule has 0 amide bonds. The van der Waals surface area contributed by atoms with E-state index in [0.29, 0.717) is 17.8 Å². The number of anilines is 1. The van der Waals surface area contributed by atoms with Crippen molar-refractivity contribution in [2.24, 2.45) is 4.99 Å². The minimum absolute atomic E-state index is 0.440. The number of allylic oxidation sites excluding steroid dienone is 1. The van der Waals surface area contributed by atoms with Crippen LogP contribution >= 0.6 is 11.8 Å². The molecule has 7 heteroatoms. The first-order chi connectivity index (χ1) is 11.4. The van der Waals surface area contributed by atoms with Gasteiger partial charge >= 0.3 is 0 Å². The summed E-state index contributed by atoms with van der Waals surface area (Å²) in [4.78, 5) is 8.62. The van der Waals surface area contributed by atoms with Crippen molar-refractivity contribution in [2.45, 2.75) is 44.7 Å². The topological polar surface area (TPSA) is 61.8 Å². The molecular formula is C17H21N3O2S2. The highest BCUT2D eigenvalue weighted by Crippen LogP contribution is 2.47. The minimum atomic E-state index is -3.25. The largest absolute Gasteiger partial charge is 0.314 e. The van der Waals surface area contributed by atoms with E-state index >= 15 is 0 Å². The van der Waals surface area contributed by atoms with Gasteiger partial charge < -0.3 is 4.90 Å². The number of rotatable bonds is 3. The zero-order valence-corrected chi connectivity index (χ0v) is 15.5. The molecule has 2 aliphatic heterocycles. The Hall–Kier alpha value is -1.47. The van der Waals surface area contributed by atoms with Crippen LogP contribution in [0, 0.1) is 0 Å². The van der Waals surface area contributed by atoms with Crippen LogP contribution in [-0.2, 0) is 10.0 Å². The van der Waals surface area contributed by atoms with E-state index < -0.39 is 10.0 Å². The maximum atomic E-state index is 11.4. The van der Waals surface area contributed by atoms with Crippen LogP contribution in [0.1, 0.15) is 38.2 Å². The molecular weight excluding hydrogens is 342 g/mol.